The van der Waals surface area contributed by atoms with Crippen LogP contribution in [-0.4, -0.2) is 59.4 Å². The number of carbonyl (C=O) groups excluding carboxylic acids is 1. The van der Waals surface area contributed by atoms with Crippen LogP contribution in [0.1, 0.15) is 28.9 Å². The molecule has 1 fully saturated rings. The molecule has 0 aromatic carbocycles. The van der Waals surface area contributed by atoms with Crippen LogP contribution in [0, 0.1) is 0 Å². The third-order valence-corrected chi connectivity index (χ3v) is 4.28. The smallest absolute Gasteiger partial charge is 0.257 e. The highest BCUT2D eigenvalue weighted by atomic mass is 16.2. The van der Waals surface area contributed by atoms with E-state index in [0.717, 1.165) is 38.2 Å². The Balaban J connectivity index is 2.06. The van der Waals surface area contributed by atoms with Gasteiger partial charge >= 0.3 is 0 Å². The molecule has 1 aromatic heterocycles. The van der Waals surface area contributed by atoms with E-state index in [1.165, 1.54) is 0 Å². The van der Waals surface area contributed by atoms with Crippen molar-refractivity contribution in [2.24, 2.45) is 0 Å². The lowest BCUT2D eigenvalue weighted by atomic mass is 9.71. The second-order valence-corrected chi connectivity index (χ2v) is 5.53. The van der Waals surface area contributed by atoms with Gasteiger partial charge in [0.25, 0.3) is 5.91 Å². The quantitative estimate of drug-likeness (QED) is 0.670. The minimum absolute atomic E-state index is 0.0352. The van der Waals surface area contributed by atoms with E-state index >= 15 is 0 Å². The molecule has 1 amide bonds. The molecule has 1 saturated heterocycles. The van der Waals surface area contributed by atoms with E-state index in [0.29, 0.717) is 5.56 Å². The standard InChI is InChI=1S/C13H18N4O/c1-16-5-3-13(4-6-16)8-17(2)12(18)10-7-14-9-15-11(10)13/h7,9H,3-6,8H2,1-2H3. The Morgan fingerprint density at radius 3 is 2.72 bits per heavy atom. The molecule has 2 aliphatic rings. The van der Waals surface area contributed by atoms with Crippen LogP contribution in [0.25, 0.3) is 0 Å². The van der Waals surface area contributed by atoms with Crippen molar-refractivity contribution >= 4 is 5.91 Å². The summed E-state index contributed by atoms with van der Waals surface area (Å²) in [5.74, 6) is 0.0511. The van der Waals surface area contributed by atoms with Crippen LogP contribution in [0.5, 0.6) is 0 Å². The molecule has 0 atom stereocenters. The number of likely N-dealkylation sites (N-methyl/N-ethyl adjacent to an activating group) is 1. The third-order valence-electron chi connectivity index (χ3n) is 4.28. The number of hydrogen-bond acceptors (Lipinski definition) is 4. The highest BCUT2D eigenvalue weighted by Gasteiger charge is 2.44. The Labute approximate surface area is 107 Å². The average molecular weight is 246 g/mol. The molecule has 3 heterocycles. The second-order valence-electron chi connectivity index (χ2n) is 5.53. The van der Waals surface area contributed by atoms with Crippen LogP contribution in [0.3, 0.4) is 0 Å². The third kappa shape index (κ3) is 1.61. The Kier molecular flexibility index (Phi) is 2.59. The summed E-state index contributed by atoms with van der Waals surface area (Å²) in [6, 6.07) is 0. The molecule has 5 nitrogen and oxygen atoms in total. The van der Waals surface area contributed by atoms with Gasteiger partial charge in [-0.25, -0.2) is 9.97 Å². The summed E-state index contributed by atoms with van der Waals surface area (Å²) in [7, 11) is 4.02. The van der Waals surface area contributed by atoms with Crippen molar-refractivity contribution in [3.8, 4) is 0 Å². The number of fused-ring (bicyclic) bond motifs is 2. The molecule has 3 rings (SSSR count). The lowest BCUT2D eigenvalue weighted by molar-refractivity contribution is 0.0649. The zero-order chi connectivity index (χ0) is 12.8. The minimum Gasteiger partial charge on any atom is -0.341 e. The number of nitrogens with zero attached hydrogens (tertiary/aromatic N) is 4. The monoisotopic (exact) mass is 246 g/mol. The van der Waals surface area contributed by atoms with Crippen molar-refractivity contribution in [3.63, 3.8) is 0 Å². The Hall–Kier alpha value is -1.49. The molecule has 1 spiro atoms. The van der Waals surface area contributed by atoms with Gasteiger partial charge in [-0.15, -0.1) is 0 Å². The fourth-order valence-corrected chi connectivity index (χ4v) is 3.16. The Bertz CT molecular complexity index is 480. The number of piperidine rings is 1. The summed E-state index contributed by atoms with van der Waals surface area (Å²) >= 11 is 0. The lowest BCUT2D eigenvalue weighted by Crippen LogP contribution is -2.53. The molecule has 1 aromatic rings. The van der Waals surface area contributed by atoms with Gasteiger partial charge in [-0.3, -0.25) is 4.79 Å². The van der Waals surface area contributed by atoms with E-state index in [4.69, 9.17) is 0 Å². The van der Waals surface area contributed by atoms with Crippen molar-refractivity contribution in [2.75, 3.05) is 33.7 Å². The fraction of sp³-hybridized carbons (Fsp3) is 0.615. The molecule has 5 heteroatoms. The normalized spacial score (nSPS) is 23.2. The molecule has 2 aliphatic heterocycles. The van der Waals surface area contributed by atoms with Crippen molar-refractivity contribution in [3.05, 3.63) is 23.8 Å². The number of carbonyl (C=O) groups is 1. The first kappa shape index (κ1) is 11.6. The zero-order valence-electron chi connectivity index (χ0n) is 10.9. The van der Waals surface area contributed by atoms with Crippen molar-refractivity contribution < 1.29 is 4.79 Å². The molecule has 0 unspecified atom stereocenters. The van der Waals surface area contributed by atoms with Crippen LogP contribution < -0.4 is 0 Å². The van der Waals surface area contributed by atoms with Crippen LogP contribution in [-0.2, 0) is 5.41 Å². The van der Waals surface area contributed by atoms with E-state index in [1.54, 1.807) is 12.5 Å². The molecule has 0 saturated carbocycles. The number of likely N-dealkylation sites (tertiary alicyclic amines) is 1. The average Bonchev–Trinajstić information content (AvgIpc) is 2.40. The van der Waals surface area contributed by atoms with Gasteiger partial charge in [-0.2, -0.15) is 0 Å². The summed E-state index contributed by atoms with van der Waals surface area (Å²) in [5, 5.41) is 0. The maximum Gasteiger partial charge on any atom is 0.257 e. The van der Waals surface area contributed by atoms with Gasteiger partial charge < -0.3 is 9.80 Å². The molecular weight excluding hydrogens is 228 g/mol. The number of aromatic nitrogens is 2. The van der Waals surface area contributed by atoms with Crippen molar-refractivity contribution in [1.29, 1.82) is 0 Å². The number of rotatable bonds is 0. The Morgan fingerprint density at radius 2 is 2.00 bits per heavy atom. The number of hydrogen-bond donors (Lipinski definition) is 0. The summed E-state index contributed by atoms with van der Waals surface area (Å²) in [4.78, 5) is 24.7. The summed E-state index contributed by atoms with van der Waals surface area (Å²) in [6.45, 7) is 2.90. The van der Waals surface area contributed by atoms with Crippen LogP contribution in [0.2, 0.25) is 0 Å². The maximum absolute atomic E-state index is 12.1. The van der Waals surface area contributed by atoms with Gasteiger partial charge in [0.05, 0.1) is 11.3 Å². The number of amides is 1. The largest absolute Gasteiger partial charge is 0.341 e. The van der Waals surface area contributed by atoms with E-state index in [9.17, 15) is 4.79 Å². The van der Waals surface area contributed by atoms with Crippen molar-refractivity contribution in [2.45, 2.75) is 18.3 Å². The second kappa shape index (κ2) is 4.02. The first-order valence-corrected chi connectivity index (χ1v) is 6.37. The predicted octanol–water partition coefficient (Wildman–Crippen LogP) is 0.526. The summed E-state index contributed by atoms with van der Waals surface area (Å²) < 4.78 is 0. The van der Waals surface area contributed by atoms with Gasteiger partial charge in [0.1, 0.15) is 6.33 Å². The minimum atomic E-state index is 0.0352. The molecule has 0 N–H and O–H groups in total. The fourth-order valence-electron chi connectivity index (χ4n) is 3.16. The molecule has 0 aliphatic carbocycles. The highest BCUT2D eigenvalue weighted by molar-refractivity contribution is 5.96. The van der Waals surface area contributed by atoms with Gasteiger partial charge in [0.15, 0.2) is 0 Å². The van der Waals surface area contributed by atoms with Crippen LogP contribution >= 0.6 is 0 Å². The summed E-state index contributed by atoms with van der Waals surface area (Å²) in [5.41, 5.74) is 1.69. The Morgan fingerprint density at radius 1 is 1.28 bits per heavy atom. The van der Waals surface area contributed by atoms with E-state index < -0.39 is 0 Å². The van der Waals surface area contributed by atoms with Crippen LogP contribution in [0.4, 0.5) is 0 Å². The highest BCUT2D eigenvalue weighted by Crippen LogP contribution is 2.39. The topological polar surface area (TPSA) is 49.3 Å². The molecule has 96 valence electrons. The maximum atomic E-state index is 12.1. The van der Waals surface area contributed by atoms with Gasteiger partial charge in [-0.05, 0) is 33.0 Å². The molecular formula is C13H18N4O. The van der Waals surface area contributed by atoms with Crippen molar-refractivity contribution in [1.82, 2.24) is 19.8 Å². The van der Waals surface area contributed by atoms with E-state index in [-0.39, 0.29) is 11.3 Å². The SMILES string of the molecule is CN1CCC2(CC1)CN(C)C(=O)c1cncnc12. The van der Waals surface area contributed by atoms with Crippen LogP contribution in [0.15, 0.2) is 12.5 Å². The van der Waals surface area contributed by atoms with Gasteiger partial charge in [0.2, 0.25) is 0 Å². The summed E-state index contributed by atoms with van der Waals surface area (Å²) in [6.07, 6.45) is 5.36. The molecule has 0 bridgehead atoms. The predicted molar refractivity (Wildman–Crippen MR) is 67.4 cm³/mol. The van der Waals surface area contributed by atoms with E-state index in [1.807, 2.05) is 11.9 Å². The van der Waals surface area contributed by atoms with E-state index in [2.05, 4.69) is 21.9 Å². The van der Waals surface area contributed by atoms with Gasteiger partial charge in [-0.1, -0.05) is 0 Å². The zero-order valence-corrected chi connectivity index (χ0v) is 10.9. The first-order valence-electron chi connectivity index (χ1n) is 6.37. The lowest BCUT2D eigenvalue weighted by Gasteiger charge is -2.45. The van der Waals surface area contributed by atoms with Gasteiger partial charge in [0, 0.05) is 25.2 Å². The molecule has 0 radical (unpaired) electrons. The first-order chi connectivity index (χ1) is 8.62. The molecule has 18 heavy (non-hydrogen) atoms.